The molecule has 3 heteroatoms. The third-order valence-corrected chi connectivity index (χ3v) is 6.42. The standard InChI is InChI=1S/C22H23NOS/c1-2-3-14-24-18-12-10-17(11-13-18)21-22(25-15-6-7-16-25)19-8-4-5-9-20(19)23-21/h4-13,15-16,23,25H,2-3,14H2,1H3. The van der Waals surface area contributed by atoms with Gasteiger partial charge >= 0.3 is 0 Å². The lowest BCUT2D eigenvalue weighted by Crippen LogP contribution is -1.96. The van der Waals surface area contributed by atoms with Crippen molar-refractivity contribution in [2.24, 2.45) is 0 Å². The minimum absolute atomic E-state index is 0.390. The summed E-state index contributed by atoms with van der Waals surface area (Å²) in [7, 11) is -0.390. The number of hydrogen-bond acceptors (Lipinski definition) is 1. The van der Waals surface area contributed by atoms with E-state index in [1.165, 1.54) is 27.1 Å². The number of thiol groups is 1. The number of hydrogen-bond donors (Lipinski definition) is 2. The van der Waals surface area contributed by atoms with Gasteiger partial charge in [0.25, 0.3) is 0 Å². The van der Waals surface area contributed by atoms with Crippen molar-refractivity contribution in [3.05, 3.63) is 71.5 Å². The third kappa shape index (κ3) is 3.24. The maximum Gasteiger partial charge on any atom is 0.119 e. The Hall–Kier alpha value is -2.39. The van der Waals surface area contributed by atoms with Crippen LogP contribution in [0, 0.1) is 0 Å². The maximum atomic E-state index is 5.80. The SMILES string of the molecule is CCCCOc1ccc(-c2[nH]c3ccccc3c2[SH]2C=CC=C2)cc1. The number of benzene rings is 2. The molecule has 3 aromatic rings. The Kier molecular flexibility index (Phi) is 4.66. The first kappa shape index (κ1) is 16.1. The zero-order valence-electron chi connectivity index (χ0n) is 14.4. The first-order valence-corrected chi connectivity index (χ1v) is 10.3. The van der Waals surface area contributed by atoms with Crippen LogP contribution in [0.2, 0.25) is 0 Å². The van der Waals surface area contributed by atoms with Gasteiger partial charge in [0, 0.05) is 15.8 Å². The normalized spacial score (nSPS) is 14.5. The molecule has 0 saturated heterocycles. The fourth-order valence-corrected chi connectivity index (χ4v) is 5.02. The first-order chi connectivity index (χ1) is 12.4. The van der Waals surface area contributed by atoms with Crippen molar-refractivity contribution in [2.75, 3.05) is 6.61 Å². The summed E-state index contributed by atoms with van der Waals surface area (Å²) in [6.45, 7) is 2.96. The van der Waals surface area contributed by atoms with Crippen molar-refractivity contribution < 1.29 is 4.74 Å². The Labute approximate surface area is 151 Å². The number of ether oxygens (including phenoxy) is 1. The van der Waals surface area contributed by atoms with E-state index in [9.17, 15) is 0 Å². The number of unbranched alkanes of at least 4 members (excludes halogenated alkanes) is 1. The van der Waals surface area contributed by atoms with Crippen LogP contribution in [0.15, 0.2) is 76.4 Å². The molecule has 2 heterocycles. The highest BCUT2D eigenvalue weighted by atomic mass is 32.2. The second-order valence-electron chi connectivity index (χ2n) is 6.21. The zero-order valence-corrected chi connectivity index (χ0v) is 15.3. The van der Waals surface area contributed by atoms with E-state index >= 15 is 0 Å². The van der Waals surface area contributed by atoms with Gasteiger partial charge in [0.2, 0.25) is 0 Å². The van der Waals surface area contributed by atoms with Crippen LogP contribution in [-0.2, 0) is 0 Å². The van der Waals surface area contributed by atoms with E-state index in [1.54, 1.807) is 0 Å². The Bertz CT molecular complexity index is 909. The Morgan fingerprint density at radius 3 is 2.48 bits per heavy atom. The van der Waals surface area contributed by atoms with Crippen LogP contribution in [0.1, 0.15) is 19.8 Å². The van der Waals surface area contributed by atoms with Gasteiger partial charge in [-0.05, 0) is 53.1 Å². The van der Waals surface area contributed by atoms with Gasteiger partial charge in [0.05, 0.1) is 12.3 Å². The second-order valence-corrected chi connectivity index (χ2v) is 8.07. The average molecular weight is 349 g/mol. The van der Waals surface area contributed by atoms with Crippen LogP contribution < -0.4 is 4.74 Å². The average Bonchev–Trinajstić information content (AvgIpc) is 3.29. The number of aromatic amines is 1. The van der Waals surface area contributed by atoms with Gasteiger partial charge in [-0.1, -0.05) is 43.7 Å². The predicted octanol–water partition coefficient (Wildman–Crippen LogP) is 6.41. The van der Waals surface area contributed by atoms with Gasteiger partial charge in [-0.3, -0.25) is 0 Å². The van der Waals surface area contributed by atoms with E-state index in [2.05, 4.69) is 83.4 Å². The highest BCUT2D eigenvalue weighted by Crippen LogP contribution is 2.50. The first-order valence-electron chi connectivity index (χ1n) is 8.84. The molecule has 0 unspecified atom stereocenters. The molecule has 1 aliphatic heterocycles. The van der Waals surface area contributed by atoms with Crippen molar-refractivity contribution in [3.63, 3.8) is 0 Å². The second kappa shape index (κ2) is 7.24. The fourth-order valence-electron chi connectivity index (χ4n) is 3.14. The molecule has 1 N–H and O–H groups in total. The summed E-state index contributed by atoms with van der Waals surface area (Å²) >= 11 is 0. The maximum absolute atomic E-state index is 5.80. The van der Waals surface area contributed by atoms with Gasteiger partial charge in [-0.2, -0.15) is 10.9 Å². The number of aromatic nitrogens is 1. The number of H-pyrrole nitrogens is 1. The summed E-state index contributed by atoms with van der Waals surface area (Å²) in [6, 6.07) is 17.1. The molecular weight excluding hydrogens is 326 g/mol. The number of fused-ring (bicyclic) bond motifs is 1. The third-order valence-electron chi connectivity index (χ3n) is 4.45. The molecule has 128 valence electrons. The Balaban J connectivity index is 1.72. The highest BCUT2D eigenvalue weighted by molar-refractivity contribution is 8.22. The van der Waals surface area contributed by atoms with Crippen molar-refractivity contribution >= 4 is 21.8 Å². The molecule has 0 spiro atoms. The van der Waals surface area contributed by atoms with Crippen molar-refractivity contribution in [1.82, 2.24) is 4.98 Å². The molecule has 4 rings (SSSR count). The molecule has 0 bridgehead atoms. The number of rotatable bonds is 6. The molecule has 1 aliphatic rings. The Morgan fingerprint density at radius 1 is 0.960 bits per heavy atom. The topological polar surface area (TPSA) is 25.0 Å². The zero-order chi connectivity index (χ0) is 17.1. The molecule has 0 saturated carbocycles. The molecule has 0 aliphatic carbocycles. The largest absolute Gasteiger partial charge is 0.494 e. The van der Waals surface area contributed by atoms with Crippen molar-refractivity contribution in [1.29, 1.82) is 0 Å². The number of allylic oxidation sites excluding steroid dienone is 2. The van der Waals surface area contributed by atoms with Crippen molar-refractivity contribution in [2.45, 2.75) is 24.7 Å². The van der Waals surface area contributed by atoms with Crippen LogP contribution in [0.25, 0.3) is 22.2 Å². The molecule has 0 atom stereocenters. The van der Waals surface area contributed by atoms with E-state index in [0.29, 0.717) is 0 Å². The molecule has 0 fully saturated rings. The van der Waals surface area contributed by atoms with Crippen LogP contribution >= 0.6 is 10.9 Å². The Morgan fingerprint density at radius 2 is 1.72 bits per heavy atom. The molecular formula is C22H23NOS. The fraction of sp³-hybridized carbons (Fsp3) is 0.182. The summed E-state index contributed by atoms with van der Waals surface area (Å²) < 4.78 is 5.80. The summed E-state index contributed by atoms with van der Waals surface area (Å²) in [4.78, 5) is 5.05. The monoisotopic (exact) mass is 349 g/mol. The highest BCUT2D eigenvalue weighted by Gasteiger charge is 2.17. The lowest BCUT2D eigenvalue weighted by atomic mass is 10.1. The van der Waals surface area contributed by atoms with E-state index in [0.717, 1.165) is 25.2 Å². The van der Waals surface area contributed by atoms with Gasteiger partial charge in [-0.25, -0.2) is 0 Å². The smallest absolute Gasteiger partial charge is 0.119 e. The van der Waals surface area contributed by atoms with Crippen LogP contribution in [0.5, 0.6) is 5.75 Å². The molecule has 25 heavy (non-hydrogen) atoms. The van der Waals surface area contributed by atoms with E-state index in [1.807, 2.05) is 0 Å². The molecule has 0 amide bonds. The molecule has 1 aromatic heterocycles. The van der Waals surface area contributed by atoms with E-state index < -0.39 is 10.9 Å². The summed E-state index contributed by atoms with van der Waals surface area (Å²) in [5, 5.41) is 5.95. The molecule has 0 radical (unpaired) electrons. The molecule has 2 nitrogen and oxygen atoms in total. The predicted molar refractivity (Wildman–Crippen MR) is 110 cm³/mol. The number of para-hydroxylation sites is 1. The minimum Gasteiger partial charge on any atom is -0.494 e. The lowest BCUT2D eigenvalue weighted by Gasteiger charge is -2.13. The summed E-state index contributed by atoms with van der Waals surface area (Å²) in [5.74, 6) is 0.946. The van der Waals surface area contributed by atoms with Crippen LogP contribution in [-0.4, -0.2) is 11.6 Å². The molecule has 2 aromatic carbocycles. The van der Waals surface area contributed by atoms with E-state index in [-0.39, 0.29) is 0 Å². The van der Waals surface area contributed by atoms with Gasteiger partial charge < -0.3 is 9.72 Å². The van der Waals surface area contributed by atoms with Gasteiger partial charge in [0.1, 0.15) is 5.75 Å². The summed E-state index contributed by atoms with van der Waals surface area (Å²) in [6.07, 6.45) is 6.56. The van der Waals surface area contributed by atoms with Gasteiger partial charge in [0.15, 0.2) is 0 Å². The van der Waals surface area contributed by atoms with Crippen LogP contribution in [0.3, 0.4) is 0 Å². The number of nitrogens with one attached hydrogen (secondary N) is 1. The lowest BCUT2D eigenvalue weighted by molar-refractivity contribution is 0.309. The van der Waals surface area contributed by atoms with Gasteiger partial charge in [-0.15, -0.1) is 0 Å². The minimum atomic E-state index is -0.390. The quantitative estimate of drug-likeness (QED) is 0.390. The summed E-state index contributed by atoms with van der Waals surface area (Å²) in [5.41, 5.74) is 3.64. The van der Waals surface area contributed by atoms with Crippen molar-refractivity contribution in [3.8, 4) is 17.0 Å². The van der Waals surface area contributed by atoms with Crippen LogP contribution in [0.4, 0.5) is 0 Å². The van der Waals surface area contributed by atoms with E-state index in [4.69, 9.17) is 4.74 Å².